The molecular weight excluding hydrogens is 307 g/mol. The quantitative estimate of drug-likeness (QED) is 0.801. The first-order valence-corrected chi connectivity index (χ1v) is 7.63. The smallest absolute Gasteiger partial charge is 0.254 e. The fourth-order valence-corrected chi connectivity index (χ4v) is 2.49. The molecule has 0 saturated heterocycles. The Balaban J connectivity index is 2.22. The van der Waals surface area contributed by atoms with Gasteiger partial charge >= 0.3 is 0 Å². The Morgan fingerprint density at radius 1 is 1.24 bits per heavy atom. The number of hydrogen-bond acceptors (Lipinski definition) is 1. The molecule has 1 aromatic carbocycles. The molecule has 5 heteroatoms. The van der Waals surface area contributed by atoms with Crippen molar-refractivity contribution in [3.8, 4) is 0 Å². The average Bonchev–Trinajstić information content (AvgIpc) is 2.86. The second kappa shape index (κ2) is 7.01. The van der Waals surface area contributed by atoms with E-state index in [4.69, 9.17) is 23.2 Å². The SMILES string of the molecule is CCCN(Cc1cccn1C)C(=O)c1ccc(Cl)c(Cl)c1. The van der Waals surface area contributed by atoms with Crippen LogP contribution in [-0.2, 0) is 13.6 Å². The highest BCUT2D eigenvalue weighted by molar-refractivity contribution is 6.42. The van der Waals surface area contributed by atoms with Gasteiger partial charge in [0.05, 0.1) is 16.6 Å². The number of aryl methyl sites for hydroxylation is 1. The molecule has 112 valence electrons. The summed E-state index contributed by atoms with van der Waals surface area (Å²) in [6, 6.07) is 8.99. The summed E-state index contributed by atoms with van der Waals surface area (Å²) < 4.78 is 2.02. The van der Waals surface area contributed by atoms with Gasteiger partial charge in [0.15, 0.2) is 0 Å². The molecule has 0 aliphatic rings. The molecule has 0 radical (unpaired) electrons. The molecule has 0 atom stereocenters. The highest BCUT2D eigenvalue weighted by Gasteiger charge is 2.17. The Morgan fingerprint density at radius 3 is 2.57 bits per heavy atom. The summed E-state index contributed by atoms with van der Waals surface area (Å²) in [7, 11) is 1.98. The summed E-state index contributed by atoms with van der Waals surface area (Å²) in [5, 5.41) is 0.857. The topological polar surface area (TPSA) is 25.2 Å². The summed E-state index contributed by atoms with van der Waals surface area (Å²) >= 11 is 11.9. The van der Waals surface area contributed by atoms with E-state index in [-0.39, 0.29) is 5.91 Å². The Hall–Kier alpha value is -1.45. The third-order valence-electron chi connectivity index (χ3n) is 3.35. The standard InChI is InChI=1S/C16H18Cl2N2O/c1-3-8-20(11-13-5-4-9-19(13)2)16(21)12-6-7-14(17)15(18)10-12/h4-7,9-10H,3,8,11H2,1-2H3. The highest BCUT2D eigenvalue weighted by atomic mass is 35.5. The van der Waals surface area contributed by atoms with Gasteiger partial charge in [0.1, 0.15) is 0 Å². The molecule has 0 N–H and O–H groups in total. The predicted molar refractivity (Wildman–Crippen MR) is 86.9 cm³/mol. The lowest BCUT2D eigenvalue weighted by Gasteiger charge is -2.22. The number of hydrogen-bond donors (Lipinski definition) is 0. The van der Waals surface area contributed by atoms with Crippen molar-refractivity contribution in [2.24, 2.45) is 7.05 Å². The number of nitrogens with zero attached hydrogens (tertiary/aromatic N) is 2. The molecule has 0 unspecified atom stereocenters. The van der Waals surface area contributed by atoms with E-state index in [9.17, 15) is 4.79 Å². The van der Waals surface area contributed by atoms with Crippen molar-refractivity contribution in [2.45, 2.75) is 19.9 Å². The van der Waals surface area contributed by atoms with Crippen molar-refractivity contribution in [1.82, 2.24) is 9.47 Å². The Labute approximate surface area is 135 Å². The lowest BCUT2D eigenvalue weighted by molar-refractivity contribution is 0.0740. The first kappa shape index (κ1) is 15.9. The molecule has 1 heterocycles. The Bertz CT molecular complexity index is 637. The van der Waals surface area contributed by atoms with Crippen LogP contribution in [0.4, 0.5) is 0 Å². The second-order valence-electron chi connectivity index (χ2n) is 4.97. The largest absolute Gasteiger partial charge is 0.353 e. The van der Waals surface area contributed by atoms with E-state index in [0.717, 1.165) is 12.1 Å². The van der Waals surface area contributed by atoms with Crippen molar-refractivity contribution in [1.29, 1.82) is 0 Å². The molecule has 1 aromatic heterocycles. The van der Waals surface area contributed by atoms with Crippen molar-refractivity contribution in [2.75, 3.05) is 6.54 Å². The third kappa shape index (κ3) is 3.80. The van der Waals surface area contributed by atoms with Gasteiger partial charge in [-0.2, -0.15) is 0 Å². The van der Waals surface area contributed by atoms with Crippen LogP contribution in [0, 0.1) is 0 Å². The van der Waals surface area contributed by atoms with Crippen LogP contribution in [0.5, 0.6) is 0 Å². The second-order valence-corrected chi connectivity index (χ2v) is 5.78. The highest BCUT2D eigenvalue weighted by Crippen LogP contribution is 2.23. The summed E-state index contributed by atoms with van der Waals surface area (Å²) in [4.78, 5) is 14.5. The van der Waals surface area contributed by atoms with E-state index in [0.29, 0.717) is 28.7 Å². The molecule has 2 aromatic rings. The van der Waals surface area contributed by atoms with Crippen LogP contribution in [0.2, 0.25) is 10.0 Å². The average molecular weight is 325 g/mol. The Kier molecular flexibility index (Phi) is 5.32. The van der Waals surface area contributed by atoms with E-state index < -0.39 is 0 Å². The summed E-state index contributed by atoms with van der Waals surface area (Å²) in [6.07, 6.45) is 2.88. The van der Waals surface area contributed by atoms with Gasteiger partial charge in [0.2, 0.25) is 0 Å². The van der Waals surface area contributed by atoms with Crippen LogP contribution >= 0.6 is 23.2 Å². The van der Waals surface area contributed by atoms with Gasteiger partial charge in [-0.05, 0) is 36.8 Å². The fourth-order valence-electron chi connectivity index (χ4n) is 2.19. The first-order chi connectivity index (χ1) is 10.0. The van der Waals surface area contributed by atoms with E-state index >= 15 is 0 Å². The van der Waals surface area contributed by atoms with Gasteiger partial charge in [-0.3, -0.25) is 4.79 Å². The lowest BCUT2D eigenvalue weighted by atomic mass is 10.2. The van der Waals surface area contributed by atoms with Crippen molar-refractivity contribution in [3.63, 3.8) is 0 Å². The van der Waals surface area contributed by atoms with Gasteiger partial charge in [-0.15, -0.1) is 0 Å². The van der Waals surface area contributed by atoms with Crippen LogP contribution in [-0.4, -0.2) is 21.9 Å². The van der Waals surface area contributed by atoms with Gasteiger partial charge in [-0.1, -0.05) is 30.1 Å². The van der Waals surface area contributed by atoms with Gasteiger partial charge in [0.25, 0.3) is 5.91 Å². The molecule has 0 spiro atoms. The summed E-state index contributed by atoms with van der Waals surface area (Å²) in [5.74, 6) is -0.0309. The molecule has 0 fully saturated rings. The zero-order valence-corrected chi connectivity index (χ0v) is 13.7. The summed E-state index contributed by atoms with van der Waals surface area (Å²) in [5.41, 5.74) is 1.66. The molecular formula is C16H18Cl2N2O. The minimum atomic E-state index is -0.0309. The number of rotatable bonds is 5. The molecule has 21 heavy (non-hydrogen) atoms. The van der Waals surface area contributed by atoms with Gasteiger partial charge in [-0.25, -0.2) is 0 Å². The van der Waals surface area contributed by atoms with Crippen LogP contribution in [0.1, 0.15) is 29.4 Å². The number of carbonyl (C=O) groups excluding carboxylic acids is 1. The molecule has 0 bridgehead atoms. The molecule has 0 aliphatic carbocycles. The number of aromatic nitrogens is 1. The number of amides is 1. The molecule has 1 amide bonds. The Morgan fingerprint density at radius 2 is 2.00 bits per heavy atom. The number of carbonyl (C=O) groups is 1. The van der Waals surface area contributed by atoms with Crippen LogP contribution in [0.15, 0.2) is 36.5 Å². The van der Waals surface area contributed by atoms with E-state index in [1.165, 1.54) is 0 Å². The maximum Gasteiger partial charge on any atom is 0.254 e. The van der Waals surface area contributed by atoms with Crippen molar-refractivity contribution < 1.29 is 4.79 Å². The van der Waals surface area contributed by atoms with Gasteiger partial charge < -0.3 is 9.47 Å². The van der Waals surface area contributed by atoms with Crippen LogP contribution < -0.4 is 0 Å². The molecule has 0 saturated carbocycles. The van der Waals surface area contributed by atoms with Crippen molar-refractivity contribution >= 4 is 29.1 Å². The lowest BCUT2D eigenvalue weighted by Crippen LogP contribution is -2.32. The first-order valence-electron chi connectivity index (χ1n) is 6.87. The maximum absolute atomic E-state index is 12.7. The fraction of sp³-hybridized carbons (Fsp3) is 0.312. The third-order valence-corrected chi connectivity index (χ3v) is 4.09. The normalized spacial score (nSPS) is 10.7. The van der Waals surface area contributed by atoms with Crippen molar-refractivity contribution in [3.05, 3.63) is 57.8 Å². The summed E-state index contributed by atoms with van der Waals surface area (Å²) in [6.45, 7) is 3.33. The zero-order valence-electron chi connectivity index (χ0n) is 12.1. The van der Waals surface area contributed by atoms with E-state index in [2.05, 4.69) is 6.92 Å². The minimum absolute atomic E-state index is 0.0309. The minimum Gasteiger partial charge on any atom is -0.353 e. The van der Waals surface area contributed by atoms with E-state index in [1.54, 1.807) is 18.2 Å². The van der Waals surface area contributed by atoms with Gasteiger partial charge in [0, 0.05) is 31.0 Å². The molecule has 3 nitrogen and oxygen atoms in total. The molecule has 0 aliphatic heterocycles. The number of halogens is 2. The molecule has 2 rings (SSSR count). The zero-order chi connectivity index (χ0) is 15.4. The predicted octanol–water partition coefficient (Wildman–Crippen LogP) is 4.38. The van der Waals surface area contributed by atoms with Crippen LogP contribution in [0.25, 0.3) is 0 Å². The van der Waals surface area contributed by atoms with E-state index in [1.807, 2.05) is 34.8 Å². The number of benzene rings is 1. The maximum atomic E-state index is 12.7. The van der Waals surface area contributed by atoms with Crippen LogP contribution in [0.3, 0.4) is 0 Å². The monoisotopic (exact) mass is 324 g/mol.